The lowest BCUT2D eigenvalue weighted by atomic mass is 10.2. The molecule has 0 unspecified atom stereocenters. The minimum absolute atomic E-state index is 0.321. The summed E-state index contributed by atoms with van der Waals surface area (Å²) in [5.74, 6) is 0. The molecule has 20 heavy (non-hydrogen) atoms. The Kier molecular flexibility index (Phi) is 2.87. The Morgan fingerprint density at radius 3 is 1.30 bits per heavy atom. The molecule has 0 aliphatic heterocycles. The van der Waals surface area contributed by atoms with Gasteiger partial charge in [-0.15, -0.1) is 0 Å². The maximum Gasteiger partial charge on any atom is 0.279 e. The minimum atomic E-state index is -1.37. The molecule has 0 saturated carbocycles. The van der Waals surface area contributed by atoms with Crippen molar-refractivity contribution in [3.63, 3.8) is 0 Å². The van der Waals surface area contributed by atoms with Gasteiger partial charge in [0.05, 0.1) is 0 Å². The van der Waals surface area contributed by atoms with E-state index in [0.717, 1.165) is 0 Å². The van der Waals surface area contributed by atoms with E-state index in [9.17, 15) is 19.2 Å². The molecule has 0 saturated heterocycles. The smallest absolute Gasteiger partial charge is 0.279 e. The molecule has 0 radical (unpaired) electrons. The Balaban J connectivity index is 2.77. The van der Waals surface area contributed by atoms with Gasteiger partial charge in [-0.25, -0.2) is 9.97 Å². The first-order chi connectivity index (χ1) is 9.41. The third-order valence-electron chi connectivity index (χ3n) is 2.77. The molecule has 0 atom stereocenters. The first-order valence-corrected chi connectivity index (χ1v) is 6.84. The van der Waals surface area contributed by atoms with Crippen LogP contribution < -0.4 is 21.7 Å². The van der Waals surface area contributed by atoms with Crippen molar-refractivity contribution in [1.82, 2.24) is 9.97 Å². The number of hydrogen-bond acceptors (Lipinski definition) is 6. The monoisotopic (exact) mass is 396 g/mol. The Morgan fingerprint density at radius 2 is 0.950 bits per heavy atom. The van der Waals surface area contributed by atoms with Gasteiger partial charge in [-0.2, -0.15) is 0 Å². The normalized spacial score (nSPS) is 11.3. The molecule has 98 valence electrons. The van der Waals surface area contributed by atoms with E-state index in [-0.39, 0.29) is 11.0 Å². The van der Waals surface area contributed by atoms with E-state index in [1.807, 2.05) is 0 Å². The Morgan fingerprint density at radius 1 is 0.600 bits per heavy atom. The lowest BCUT2D eigenvalue weighted by molar-refractivity contribution is 1.29. The lowest BCUT2D eigenvalue weighted by Crippen LogP contribution is -2.47. The first-order valence-electron chi connectivity index (χ1n) is 5.25. The summed E-state index contributed by atoms with van der Waals surface area (Å²) in [4.78, 5) is 54.3. The summed E-state index contributed by atoms with van der Waals surface area (Å²) in [7, 11) is 0. The first kappa shape index (κ1) is 13.2. The van der Waals surface area contributed by atoms with Crippen molar-refractivity contribution in [2.75, 3.05) is 0 Å². The van der Waals surface area contributed by atoms with E-state index in [2.05, 4.69) is 41.8 Å². The van der Waals surface area contributed by atoms with Crippen molar-refractivity contribution in [3.8, 4) is 0 Å². The third-order valence-corrected chi connectivity index (χ3v) is 4.05. The van der Waals surface area contributed by atoms with Gasteiger partial charge in [0.1, 0.15) is 22.1 Å². The maximum atomic E-state index is 11.8. The predicted molar refractivity (Wildman–Crippen MR) is 79.9 cm³/mol. The second-order valence-electron chi connectivity index (χ2n) is 3.96. The molecule has 0 aliphatic rings. The van der Waals surface area contributed by atoms with Crippen LogP contribution in [0.3, 0.4) is 0 Å². The van der Waals surface area contributed by atoms with Gasteiger partial charge >= 0.3 is 0 Å². The van der Waals surface area contributed by atoms with Crippen molar-refractivity contribution in [3.05, 3.63) is 62.0 Å². The molecule has 0 fully saturated rings. The minimum Gasteiger partial charge on any atom is -0.283 e. The zero-order chi connectivity index (χ0) is 14.6. The van der Waals surface area contributed by atoms with Gasteiger partial charge in [-0.05, 0) is 44.0 Å². The molecular weight excluding hydrogens is 396 g/mol. The predicted octanol–water partition coefficient (Wildman–Crippen LogP) is 0.624. The highest BCUT2D eigenvalue weighted by atomic mass is 79.9. The van der Waals surface area contributed by atoms with Crippen LogP contribution in [0, 0.1) is 0 Å². The topological polar surface area (TPSA) is 94.1 Å². The van der Waals surface area contributed by atoms with Crippen LogP contribution in [0.25, 0.3) is 22.1 Å². The Hall–Kier alpha value is -1.80. The van der Waals surface area contributed by atoms with Crippen LogP contribution in [-0.4, -0.2) is 9.97 Å². The fraction of sp³-hybridized carbons (Fsp3) is 0. The van der Waals surface area contributed by atoms with Gasteiger partial charge in [0, 0.05) is 8.95 Å². The molecule has 6 nitrogen and oxygen atoms in total. The fourth-order valence-electron chi connectivity index (χ4n) is 1.81. The molecule has 1 heterocycles. The average Bonchev–Trinajstić information content (AvgIpc) is 2.45. The zero-order valence-corrected chi connectivity index (χ0v) is 12.6. The molecule has 0 amide bonds. The molecular formula is C12H2Br2N2O4. The van der Waals surface area contributed by atoms with Crippen LogP contribution in [0.2, 0.25) is 0 Å². The second-order valence-corrected chi connectivity index (χ2v) is 5.67. The fourth-order valence-corrected chi connectivity index (χ4v) is 2.63. The molecule has 3 rings (SSSR count). The molecule has 0 spiro atoms. The van der Waals surface area contributed by atoms with Crippen molar-refractivity contribution >= 4 is 53.9 Å². The Bertz CT molecular complexity index is 1010. The summed E-state index contributed by atoms with van der Waals surface area (Å²) < 4.78 is 1.10. The van der Waals surface area contributed by atoms with Gasteiger partial charge in [-0.3, -0.25) is 19.2 Å². The molecule has 8 heteroatoms. The van der Waals surface area contributed by atoms with E-state index in [1.165, 1.54) is 0 Å². The molecule has 0 aliphatic carbocycles. The SMILES string of the molecule is O=c1c(=O)c(=O)c2nc3c(Br)ccc(Br)c3nc2c1=O. The number of aromatic nitrogens is 2. The number of fused-ring (bicyclic) bond motifs is 2. The average molecular weight is 398 g/mol. The number of benzene rings is 2. The van der Waals surface area contributed by atoms with Crippen LogP contribution in [0.1, 0.15) is 0 Å². The Labute approximate surface area is 126 Å². The maximum absolute atomic E-state index is 11.8. The van der Waals surface area contributed by atoms with Gasteiger partial charge in [0.25, 0.3) is 21.7 Å². The van der Waals surface area contributed by atoms with Crippen molar-refractivity contribution in [2.24, 2.45) is 0 Å². The summed E-state index contributed by atoms with van der Waals surface area (Å²) in [6, 6.07) is 3.35. The molecule has 0 bridgehead atoms. The number of rotatable bonds is 0. The molecule has 1 aromatic heterocycles. The third kappa shape index (κ3) is 1.68. The van der Waals surface area contributed by atoms with Gasteiger partial charge < -0.3 is 0 Å². The van der Waals surface area contributed by atoms with Gasteiger partial charge in [0.2, 0.25) is 0 Å². The summed E-state index contributed by atoms with van der Waals surface area (Å²) in [5, 5.41) is 0. The van der Waals surface area contributed by atoms with E-state index in [1.54, 1.807) is 12.1 Å². The van der Waals surface area contributed by atoms with E-state index in [4.69, 9.17) is 0 Å². The standard InChI is InChI=1S/C12H2Br2N2O4/c13-3-1-2-4(14)6-5(3)15-7-8(16-6)10(18)12(20)11(19)9(7)17/h1-2H. The highest BCUT2D eigenvalue weighted by Crippen LogP contribution is 2.27. The second kappa shape index (κ2) is 4.35. The van der Waals surface area contributed by atoms with E-state index < -0.39 is 21.7 Å². The molecule has 2 aromatic carbocycles. The van der Waals surface area contributed by atoms with Crippen LogP contribution >= 0.6 is 31.9 Å². The van der Waals surface area contributed by atoms with Crippen molar-refractivity contribution in [2.45, 2.75) is 0 Å². The van der Waals surface area contributed by atoms with Crippen molar-refractivity contribution < 1.29 is 0 Å². The van der Waals surface area contributed by atoms with E-state index in [0.29, 0.717) is 20.0 Å². The van der Waals surface area contributed by atoms with Crippen LogP contribution in [0.4, 0.5) is 0 Å². The van der Waals surface area contributed by atoms with Gasteiger partial charge in [-0.1, -0.05) is 0 Å². The highest BCUT2D eigenvalue weighted by Gasteiger charge is 2.17. The molecule has 3 aromatic rings. The van der Waals surface area contributed by atoms with E-state index >= 15 is 0 Å². The van der Waals surface area contributed by atoms with Gasteiger partial charge in [0.15, 0.2) is 0 Å². The van der Waals surface area contributed by atoms with Crippen LogP contribution in [0.15, 0.2) is 40.3 Å². The summed E-state index contributed by atoms with van der Waals surface area (Å²) in [6.07, 6.45) is 0. The van der Waals surface area contributed by atoms with Crippen molar-refractivity contribution in [1.29, 1.82) is 0 Å². The quantitative estimate of drug-likeness (QED) is 0.408. The highest BCUT2D eigenvalue weighted by molar-refractivity contribution is 9.11. The van der Waals surface area contributed by atoms with Crippen LogP contribution in [-0.2, 0) is 0 Å². The zero-order valence-electron chi connectivity index (χ0n) is 9.44. The number of nitrogens with zero attached hydrogens (tertiary/aromatic N) is 2. The number of halogens is 2. The summed E-state index contributed by atoms with van der Waals surface area (Å²) in [6.45, 7) is 0. The lowest BCUT2D eigenvalue weighted by Gasteiger charge is -2.02. The summed E-state index contributed by atoms with van der Waals surface area (Å²) >= 11 is 6.50. The largest absolute Gasteiger partial charge is 0.283 e. The number of hydrogen-bond donors (Lipinski definition) is 0. The van der Waals surface area contributed by atoms with Crippen LogP contribution in [0.5, 0.6) is 0 Å². The molecule has 0 N–H and O–H groups in total. The summed E-state index contributed by atoms with van der Waals surface area (Å²) in [5.41, 5.74) is -5.08.